The minimum Gasteiger partial charge on any atom is -0.389 e. The van der Waals surface area contributed by atoms with Crippen molar-refractivity contribution in [3.63, 3.8) is 0 Å². The standard InChI is InChI=1S/C15H22O2/c1-3-7-15(16)10-13(2)11-17-12-14-8-5-4-6-9-14/h3-9,13,15-16H,10-12H2,1-2H3/b7-3-. The van der Waals surface area contributed by atoms with E-state index in [0.29, 0.717) is 19.1 Å². The van der Waals surface area contributed by atoms with E-state index >= 15 is 0 Å². The van der Waals surface area contributed by atoms with E-state index in [2.05, 4.69) is 19.1 Å². The highest BCUT2D eigenvalue weighted by Gasteiger charge is 2.07. The van der Waals surface area contributed by atoms with Crippen LogP contribution in [0.2, 0.25) is 0 Å². The molecule has 0 saturated heterocycles. The predicted octanol–water partition coefficient (Wildman–Crippen LogP) is 3.17. The van der Waals surface area contributed by atoms with Crippen LogP contribution in [0.5, 0.6) is 0 Å². The van der Waals surface area contributed by atoms with Gasteiger partial charge in [-0.1, -0.05) is 49.4 Å². The van der Waals surface area contributed by atoms with Crippen LogP contribution in [0.15, 0.2) is 42.5 Å². The molecule has 1 N–H and O–H groups in total. The number of benzene rings is 1. The second-order valence-electron chi connectivity index (χ2n) is 4.43. The SMILES string of the molecule is C/C=C\C(O)CC(C)COCc1ccccc1. The van der Waals surface area contributed by atoms with Crippen molar-refractivity contribution in [1.29, 1.82) is 0 Å². The highest BCUT2D eigenvalue weighted by molar-refractivity contribution is 5.13. The van der Waals surface area contributed by atoms with Crippen LogP contribution in [0.4, 0.5) is 0 Å². The van der Waals surface area contributed by atoms with Crippen LogP contribution in [0.3, 0.4) is 0 Å². The smallest absolute Gasteiger partial charge is 0.0724 e. The number of hydrogen-bond donors (Lipinski definition) is 1. The van der Waals surface area contributed by atoms with Gasteiger partial charge in [-0.15, -0.1) is 0 Å². The average Bonchev–Trinajstić information content (AvgIpc) is 2.30. The van der Waals surface area contributed by atoms with E-state index in [4.69, 9.17) is 4.74 Å². The highest BCUT2D eigenvalue weighted by Crippen LogP contribution is 2.09. The van der Waals surface area contributed by atoms with E-state index in [9.17, 15) is 5.11 Å². The van der Waals surface area contributed by atoms with E-state index in [-0.39, 0.29) is 6.10 Å². The molecule has 0 bridgehead atoms. The zero-order valence-electron chi connectivity index (χ0n) is 10.7. The molecule has 0 aliphatic rings. The summed E-state index contributed by atoms with van der Waals surface area (Å²) in [5.74, 6) is 0.366. The first-order valence-electron chi connectivity index (χ1n) is 6.15. The Hall–Kier alpha value is -1.12. The Morgan fingerprint density at radius 2 is 2.00 bits per heavy atom. The summed E-state index contributed by atoms with van der Waals surface area (Å²) in [5, 5.41) is 9.59. The summed E-state index contributed by atoms with van der Waals surface area (Å²) in [5.41, 5.74) is 1.19. The summed E-state index contributed by atoms with van der Waals surface area (Å²) in [7, 11) is 0. The van der Waals surface area contributed by atoms with Crippen molar-refractivity contribution < 1.29 is 9.84 Å². The molecule has 0 aliphatic heterocycles. The van der Waals surface area contributed by atoms with Crippen LogP contribution in [0.1, 0.15) is 25.8 Å². The van der Waals surface area contributed by atoms with Crippen molar-refractivity contribution in [3.05, 3.63) is 48.0 Å². The van der Waals surface area contributed by atoms with Crippen LogP contribution in [0, 0.1) is 5.92 Å². The predicted molar refractivity (Wildman–Crippen MR) is 70.7 cm³/mol. The molecule has 0 fully saturated rings. The number of rotatable bonds is 7. The fourth-order valence-electron chi connectivity index (χ4n) is 1.73. The molecule has 0 spiro atoms. The van der Waals surface area contributed by atoms with Gasteiger partial charge in [0.2, 0.25) is 0 Å². The summed E-state index contributed by atoms with van der Waals surface area (Å²) in [6.45, 7) is 5.34. The van der Waals surface area contributed by atoms with Gasteiger partial charge in [-0.25, -0.2) is 0 Å². The summed E-state index contributed by atoms with van der Waals surface area (Å²) >= 11 is 0. The van der Waals surface area contributed by atoms with E-state index in [0.717, 1.165) is 6.42 Å². The fraction of sp³-hybridized carbons (Fsp3) is 0.467. The highest BCUT2D eigenvalue weighted by atomic mass is 16.5. The molecule has 2 atom stereocenters. The maximum atomic E-state index is 9.59. The second kappa shape index (κ2) is 8.04. The van der Waals surface area contributed by atoms with Crippen LogP contribution in [0.25, 0.3) is 0 Å². The number of hydrogen-bond acceptors (Lipinski definition) is 2. The minimum atomic E-state index is -0.352. The largest absolute Gasteiger partial charge is 0.389 e. The summed E-state index contributed by atoms with van der Waals surface area (Å²) in [6, 6.07) is 10.1. The first kappa shape index (κ1) is 13.9. The lowest BCUT2D eigenvalue weighted by atomic mass is 10.0. The van der Waals surface area contributed by atoms with Gasteiger partial charge in [-0.3, -0.25) is 0 Å². The van der Waals surface area contributed by atoms with Crippen molar-refractivity contribution in [3.8, 4) is 0 Å². The molecular weight excluding hydrogens is 212 g/mol. The molecule has 2 heteroatoms. The van der Waals surface area contributed by atoms with Crippen LogP contribution >= 0.6 is 0 Å². The fourth-order valence-corrected chi connectivity index (χ4v) is 1.73. The third-order valence-electron chi connectivity index (χ3n) is 2.57. The Labute approximate surface area is 104 Å². The maximum absolute atomic E-state index is 9.59. The molecule has 0 aromatic heterocycles. The Morgan fingerprint density at radius 3 is 2.65 bits per heavy atom. The van der Waals surface area contributed by atoms with Gasteiger partial charge in [0, 0.05) is 6.61 Å². The molecule has 1 rings (SSSR count). The van der Waals surface area contributed by atoms with Crippen LogP contribution in [-0.4, -0.2) is 17.8 Å². The van der Waals surface area contributed by atoms with Crippen molar-refractivity contribution in [2.24, 2.45) is 5.92 Å². The number of allylic oxidation sites excluding steroid dienone is 1. The number of aliphatic hydroxyl groups excluding tert-OH is 1. The summed E-state index contributed by atoms with van der Waals surface area (Å²) in [4.78, 5) is 0. The summed E-state index contributed by atoms with van der Waals surface area (Å²) < 4.78 is 5.63. The molecule has 0 radical (unpaired) electrons. The van der Waals surface area contributed by atoms with Crippen molar-refractivity contribution in [2.75, 3.05) is 6.61 Å². The molecule has 0 heterocycles. The van der Waals surface area contributed by atoms with Gasteiger partial charge in [0.1, 0.15) is 0 Å². The maximum Gasteiger partial charge on any atom is 0.0724 e. The Morgan fingerprint density at radius 1 is 1.29 bits per heavy atom. The van der Waals surface area contributed by atoms with Gasteiger partial charge in [0.15, 0.2) is 0 Å². The topological polar surface area (TPSA) is 29.5 Å². The molecule has 0 saturated carbocycles. The normalized spacial score (nSPS) is 15.0. The molecule has 0 aliphatic carbocycles. The van der Waals surface area contributed by atoms with Gasteiger partial charge in [-0.05, 0) is 24.8 Å². The lowest BCUT2D eigenvalue weighted by Crippen LogP contribution is -2.13. The van der Waals surface area contributed by atoms with Gasteiger partial charge in [0.25, 0.3) is 0 Å². The van der Waals surface area contributed by atoms with Gasteiger partial charge in [-0.2, -0.15) is 0 Å². The molecule has 2 nitrogen and oxygen atoms in total. The second-order valence-corrected chi connectivity index (χ2v) is 4.43. The van der Waals surface area contributed by atoms with Gasteiger partial charge in [0.05, 0.1) is 12.7 Å². The molecule has 1 aromatic carbocycles. The van der Waals surface area contributed by atoms with Crippen molar-refractivity contribution in [1.82, 2.24) is 0 Å². The molecular formula is C15H22O2. The van der Waals surface area contributed by atoms with Crippen molar-refractivity contribution in [2.45, 2.75) is 33.0 Å². The molecule has 17 heavy (non-hydrogen) atoms. The lowest BCUT2D eigenvalue weighted by molar-refractivity contribution is 0.0743. The van der Waals surface area contributed by atoms with E-state index in [1.54, 1.807) is 0 Å². The summed E-state index contributed by atoms with van der Waals surface area (Å²) in [6.07, 6.45) is 4.09. The van der Waals surface area contributed by atoms with Crippen LogP contribution in [-0.2, 0) is 11.3 Å². The minimum absolute atomic E-state index is 0.352. The zero-order chi connectivity index (χ0) is 12.5. The zero-order valence-corrected chi connectivity index (χ0v) is 10.7. The Bertz CT molecular complexity index is 319. The monoisotopic (exact) mass is 234 g/mol. The molecule has 1 aromatic rings. The van der Waals surface area contributed by atoms with Gasteiger partial charge >= 0.3 is 0 Å². The first-order chi connectivity index (χ1) is 8.22. The average molecular weight is 234 g/mol. The lowest BCUT2D eigenvalue weighted by Gasteiger charge is -2.14. The Kier molecular flexibility index (Phi) is 6.60. The Balaban J connectivity index is 2.18. The van der Waals surface area contributed by atoms with E-state index < -0.39 is 0 Å². The first-order valence-corrected chi connectivity index (χ1v) is 6.15. The van der Waals surface area contributed by atoms with E-state index in [1.165, 1.54) is 5.56 Å². The van der Waals surface area contributed by atoms with Crippen LogP contribution < -0.4 is 0 Å². The quantitative estimate of drug-likeness (QED) is 0.734. The third kappa shape index (κ3) is 6.25. The van der Waals surface area contributed by atoms with E-state index in [1.807, 2.05) is 37.3 Å². The number of aliphatic hydroxyl groups is 1. The molecule has 2 unspecified atom stereocenters. The number of ether oxygens (including phenoxy) is 1. The molecule has 0 amide bonds. The van der Waals surface area contributed by atoms with Crippen molar-refractivity contribution >= 4 is 0 Å². The van der Waals surface area contributed by atoms with Gasteiger partial charge < -0.3 is 9.84 Å². The third-order valence-corrected chi connectivity index (χ3v) is 2.57. The molecule has 94 valence electrons.